The first-order chi connectivity index (χ1) is 16.6. The van der Waals surface area contributed by atoms with Crippen molar-refractivity contribution >= 4 is 29.1 Å². The summed E-state index contributed by atoms with van der Waals surface area (Å²) in [5.74, 6) is 0.331. The van der Waals surface area contributed by atoms with Crippen LogP contribution < -0.4 is 10.1 Å². The molecule has 0 bridgehead atoms. The van der Waals surface area contributed by atoms with Crippen molar-refractivity contribution in [3.63, 3.8) is 0 Å². The van der Waals surface area contributed by atoms with E-state index in [1.54, 1.807) is 0 Å². The van der Waals surface area contributed by atoms with Gasteiger partial charge in [-0.2, -0.15) is 0 Å². The Morgan fingerprint density at radius 1 is 0.971 bits per heavy atom. The minimum absolute atomic E-state index is 0. The number of benzene rings is 4. The lowest BCUT2D eigenvalue weighted by Gasteiger charge is -2.33. The number of hydrogen-bond donors (Lipinski definition) is 2. The molecule has 5 heteroatoms. The van der Waals surface area contributed by atoms with Crippen molar-refractivity contribution in [2.45, 2.75) is 37.8 Å². The van der Waals surface area contributed by atoms with Gasteiger partial charge < -0.3 is 15.2 Å². The van der Waals surface area contributed by atoms with Crippen molar-refractivity contribution in [2.75, 3.05) is 6.54 Å². The van der Waals surface area contributed by atoms with Crippen molar-refractivity contribution in [3.8, 4) is 5.75 Å². The lowest BCUT2D eigenvalue weighted by Crippen LogP contribution is -2.37. The maximum atomic E-state index is 11.0. The van der Waals surface area contributed by atoms with Crippen molar-refractivity contribution in [2.24, 2.45) is 0 Å². The molecule has 0 fully saturated rings. The molecule has 0 saturated heterocycles. The SMILES string of the molecule is CC(NC[C@H]1C[C@@H](c2ccc(CC(=O)O)cc2)c2ccccc2O1)c1cccc2ccccc12.Cl. The molecule has 2 N–H and O–H groups in total. The summed E-state index contributed by atoms with van der Waals surface area (Å²) in [7, 11) is 0. The minimum atomic E-state index is -0.810. The number of nitrogens with one attached hydrogen (secondary N) is 1. The fourth-order valence-corrected chi connectivity index (χ4v) is 5.02. The molecule has 0 aliphatic carbocycles. The predicted molar refractivity (Wildman–Crippen MR) is 143 cm³/mol. The van der Waals surface area contributed by atoms with Crippen LogP contribution in [0.25, 0.3) is 10.8 Å². The highest BCUT2D eigenvalue weighted by Crippen LogP contribution is 2.40. The zero-order chi connectivity index (χ0) is 23.5. The summed E-state index contributed by atoms with van der Waals surface area (Å²) in [5, 5.41) is 15.3. The van der Waals surface area contributed by atoms with Crippen LogP contribution in [0.15, 0.2) is 91.0 Å². The summed E-state index contributed by atoms with van der Waals surface area (Å²) in [6, 6.07) is 31.4. The average molecular weight is 488 g/mol. The molecule has 1 aliphatic rings. The number of carboxylic acids is 1. The van der Waals surface area contributed by atoms with Gasteiger partial charge in [0.05, 0.1) is 6.42 Å². The maximum Gasteiger partial charge on any atom is 0.307 e. The van der Waals surface area contributed by atoms with Crippen LogP contribution in [0, 0.1) is 0 Å². The molecule has 4 nitrogen and oxygen atoms in total. The molecule has 4 aromatic carbocycles. The smallest absolute Gasteiger partial charge is 0.307 e. The number of rotatable bonds is 7. The van der Waals surface area contributed by atoms with E-state index in [4.69, 9.17) is 9.84 Å². The van der Waals surface area contributed by atoms with Crippen LogP contribution in [0.3, 0.4) is 0 Å². The summed E-state index contributed by atoms with van der Waals surface area (Å²) in [4.78, 5) is 11.0. The molecule has 0 spiro atoms. The predicted octanol–water partition coefficient (Wildman–Crippen LogP) is 6.52. The van der Waals surface area contributed by atoms with Gasteiger partial charge in [0, 0.05) is 24.1 Å². The fraction of sp³-hybridized carbons (Fsp3) is 0.233. The molecule has 0 amide bonds. The quantitative estimate of drug-likeness (QED) is 0.311. The van der Waals surface area contributed by atoms with Gasteiger partial charge in [0.2, 0.25) is 0 Å². The first-order valence-electron chi connectivity index (χ1n) is 11.9. The van der Waals surface area contributed by atoms with Crippen molar-refractivity contribution < 1.29 is 14.6 Å². The van der Waals surface area contributed by atoms with E-state index in [0.717, 1.165) is 24.3 Å². The lowest BCUT2D eigenvalue weighted by atomic mass is 9.83. The Morgan fingerprint density at radius 2 is 1.69 bits per heavy atom. The molecule has 0 radical (unpaired) electrons. The number of carboxylic acid groups (broad SMARTS) is 1. The first kappa shape index (κ1) is 24.8. The van der Waals surface area contributed by atoms with Crippen LogP contribution in [0.1, 0.15) is 47.6 Å². The highest BCUT2D eigenvalue weighted by Gasteiger charge is 2.29. The van der Waals surface area contributed by atoms with E-state index in [-0.39, 0.29) is 36.9 Å². The van der Waals surface area contributed by atoms with Gasteiger partial charge in [0.1, 0.15) is 11.9 Å². The van der Waals surface area contributed by atoms with Crippen LogP contribution in [0.2, 0.25) is 0 Å². The number of hydrogen-bond acceptors (Lipinski definition) is 3. The monoisotopic (exact) mass is 487 g/mol. The van der Waals surface area contributed by atoms with Gasteiger partial charge in [0.15, 0.2) is 0 Å². The lowest BCUT2D eigenvalue weighted by molar-refractivity contribution is -0.136. The van der Waals surface area contributed by atoms with Gasteiger partial charge >= 0.3 is 5.97 Å². The molecule has 0 saturated carbocycles. The molecule has 0 aromatic heterocycles. The summed E-state index contributed by atoms with van der Waals surface area (Å²) in [5.41, 5.74) is 4.49. The van der Waals surface area contributed by atoms with E-state index >= 15 is 0 Å². The number of ether oxygens (including phenoxy) is 1. The van der Waals surface area contributed by atoms with E-state index in [2.05, 4.69) is 79.0 Å². The van der Waals surface area contributed by atoms with Crippen LogP contribution in [-0.4, -0.2) is 23.7 Å². The maximum absolute atomic E-state index is 11.0. The Bertz CT molecular complexity index is 1300. The molecular weight excluding hydrogens is 458 g/mol. The third-order valence-electron chi connectivity index (χ3n) is 6.77. The van der Waals surface area contributed by atoms with Gasteiger partial charge in [-0.25, -0.2) is 0 Å². The van der Waals surface area contributed by atoms with E-state index in [9.17, 15) is 4.79 Å². The highest BCUT2D eigenvalue weighted by molar-refractivity contribution is 5.86. The second-order valence-electron chi connectivity index (χ2n) is 9.08. The van der Waals surface area contributed by atoms with E-state index in [1.807, 2.05) is 24.3 Å². The molecule has 35 heavy (non-hydrogen) atoms. The van der Waals surface area contributed by atoms with E-state index in [1.165, 1.54) is 27.5 Å². The summed E-state index contributed by atoms with van der Waals surface area (Å²) in [6.45, 7) is 2.95. The van der Waals surface area contributed by atoms with Gasteiger partial charge in [0.25, 0.3) is 0 Å². The standard InChI is InChI=1S/C30H29NO3.ClH/c1-20(25-11-6-8-22-7-2-3-9-26(22)25)31-19-24-18-28(27-10-4-5-12-29(27)34-24)23-15-13-21(14-16-23)17-30(32)33;/h2-16,20,24,28,31H,17-19H2,1H3,(H,32,33);1H/t20?,24-,28+;/m1./s1. The van der Waals surface area contributed by atoms with E-state index < -0.39 is 5.97 Å². The average Bonchev–Trinajstić information content (AvgIpc) is 2.86. The molecule has 4 aromatic rings. The zero-order valence-electron chi connectivity index (χ0n) is 19.7. The second kappa shape index (κ2) is 10.9. The summed E-state index contributed by atoms with van der Waals surface area (Å²) < 4.78 is 6.39. The van der Waals surface area contributed by atoms with Gasteiger partial charge in [-0.1, -0.05) is 84.9 Å². The van der Waals surface area contributed by atoms with Gasteiger partial charge in [-0.3, -0.25) is 4.79 Å². The molecular formula is C30H30ClNO3. The Balaban J connectivity index is 0.00000289. The molecule has 3 atom stereocenters. The van der Waals surface area contributed by atoms with Crippen LogP contribution in [0.4, 0.5) is 0 Å². The van der Waals surface area contributed by atoms with Crippen LogP contribution >= 0.6 is 12.4 Å². The van der Waals surface area contributed by atoms with Crippen molar-refractivity contribution in [3.05, 3.63) is 113 Å². The third kappa shape index (κ3) is 5.50. The number of halogens is 1. The Hall–Kier alpha value is -3.34. The normalized spacial score (nSPS) is 17.6. The Kier molecular flexibility index (Phi) is 7.74. The molecule has 1 heterocycles. The second-order valence-corrected chi connectivity index (χ2v) is 9.08. The Morgan fingerprint density at radius 3 is 2.49 bits per heavy atom. The Labute approximate surface area is 212 Å². The molecule has 1 aliphatic heterocycles. The third-order valence-corrected chi connectivity index (χ3v) is 6.77. The fourth-order valence-electron chi connectivity index (χ4n) is 5.02. The van der Waals surface area contributed by atoms with Gasteiger partial charge in [-0.15, -0.1) is 12.4 Å². The highest BCUT2D eigenvalue weighted by atomic mass is 35.5. The minimum Gasteiger partial charge on any atom is -0.489 e. The van der Waals surface area contributed by atoms with Crippen molar-refractivity contribution in [1.82, 2.24) is 5.32 Å². The molecule has 1 unspecified atom stereocenters. The van der Waals surface area contributed by atoms with E-state index in [0.29, 0.717) is 0 Å². The van der Waals surface area contributed by atoms with Crippen LogP contribution in [-0.2, 0) is 11.2 Å². The van der Waals surface area contributed by atoms with Crippen LogP contribution in [0.5, 0.6) is 5.75 Å². The summed E-state index contributed by atoms with van der Waals surface area (Å²) >= 11 is 0. The zero-order valence-corrected chi connectivity index (χ0v) is 20.5. The summed E-state index contributed by atoms with van der Waals surface area (Å²) in [6.07, 6.45) is 0.948. The number of fused-ring (bicyclic) bond motifs is 2. The largest absolute Gasteiger partial charge is 0.489 e. The topological polar surface area (TPSA) is 58.6 Å². The molecule has 5 rings (SSSR count). The first-order valence-corrected chi connectivity index (χ1v) is 11.9. The number of para-hydroxylation sites is 1. The number of aliphatic carboxylic acids is 1. The van der Waals surface area contributed by atoms with Gasteiger partial charge in [-0.05, 0) is 46.9 Å². The molecule has 180 valence electrons. The number of carbonyl (C=O) groups is 1. The van der Waals surface area contributed by atoms with Crippen molar-refractivity contribution in [1.29, 1.82) is 0 Å².